The number of rotatable bonds is 6. The molecule has 0 radical (unpaired) electrons. The van der Waals surface area contributed by atoms with E-state index in [0.717, 1.165) is 28.3 Å². The molecule has 0 bridgehead atoms. The largest absolute Gasteiger partial charge is 0.361 e. The van der Waals surface area contributed by atoms with Crippen molar-refractivity contribution in [3.63, 3.8) is 0 Å². The number of carbonyl (C=O) groups is 1. The van der Waals surface area contributed by atoms with E-state index in [4.69, 9.17) is 16.1 Å². The van der Waals surface area contributed by atoms with Crippen LogP contribution in [0.2, 0.25) is 5.02 Å². The number of amides is 1. The van der Waals surface area contributed by atoms with E-state index in [1.165, 1.54) is 23.1 Å². The van der Waals surface area contributed by atoms with E-state index in [0.29, 0.717) is 26.5 Å². The second-order valence-corrected chi connectivity index (χ2v) is 8.65. The smallest absolute Gasteiger partial charge is 0.260 e. The Morgan fingerprint density at radius 1 is 1.23 bits per heavy atom. The summed E-state index contributed by atoms with van der Waals surface area (Å²) in [6, 6.07) is 11.0. The highest BCUT2D eigenvalue weighted by molar-refractivity contribution is 7.98. The van der Waals surface area contributed by atoms with E-state index < -0.39 is 0 Å². The number of halogens is 1. The van der Waals surface area contributed by atoms with Gasteiger partial charge in [0.1, 0.15) is 10.8 Å². The third-order valence-corrected chi connectivity index (χ3v) is 6.54. The highest BCUT2D eigenvalue weighted by Crippen LogP contribution is 2.31. The van der Waals surface area contributed by atoms with Crippen LogP contribution < -0.4 is 5.32 Å². The van der Waals surface area contributed by atoms with E-state index in [1.807, 2.05) is 43.5 Å². The number of pyridine rings is 1. The molecule has 9 heteroatoms. The van der Waals surface area contributed by atoms with Crippen molar-refractivity contribution in [1.29, 1.82) is 0 Å². The summed E-state index contributed by atoms with van der Waals surface area (Å²) >= 11 is 9.06. The first kappa shape index (κ1) is 20.6. The summed E-state index contributed by atoms with van der Waals surface area (Å²) in [6.07, 6.45) is 1.67. The number of benzene rings is 1. The van der Waals surface area contributed by atoms with Crippen LogP contribution >= 0.6 is 34.7 Å². The maximum atomic E-state index is 12.9. The second-order valence-electron chi connectivity index (χ2n) is 6.42. The summed E-state index contributed by atoms with van der Waals surface area (Å²) in [6.45, 7) is 3.78. The lowest BCUT2D eigenvalue weighted by Crippen LogP contribution is -2.13. The van der Waals surface area contributed by atoms with Crippen LogP contribution in [-0.4, -0.2) is 21.0 Å². The molecule has 3 heterocycles. The molecule has 6 nitrogen and oxygen atoms in total. The summed E-state index contributed by atoms with van der Waals surface area (Å²) in [4.78, 5) is 21.8. The summed E-state index contributed by atoms with van der Waals surface area (Å²) < 4.78 is 5.21. The van der Waals surface area contributed by atoms with Crippen molar-refractivity contribution in [1.82, 2.24) is 15.1 Å². The minimum Gasteiger partial charge on any atom is -0.361 e. The first-order valence-corrected chi connectivity index (χ1v) is 11.3. The zero-order valence-electron chi connectivity index (χ0n) is 16.2. The highest BCUT2D eigenvalue weighted by Gasteiger charge is 2.17. The number of hydrogen-bond acceptors (Lipinski definition) is 7. The Morgan fingerprint density at radius 3 is 2.83 bits per heavy atom. The number of nitrogens with one attached hydrogen (secondary N) is 1. The minimum absolute atomic E-state index is 0.260. The van der Waals surface area contributed by atoms with Crippen LogP contribution in [0.15, 0.2) is 57.5 Å². The number of anilines is 1. The van der Waals surface area contributed by atoms with Crippen molar-refractivity contribution in [2.45, 2.75) is 24.6 Å². The van der Waals surface area contributed by atoms with Gasteiger partial charge in [0.05, 0.1) is 17.0 Å². The van der Waals surface area contributed by atoms with Crippen molar-refractivity contribution < 1.29 is 9.32 Å². The van der Waals surface area contributed by atoms with E-state index in [2.05, 4.69) is 20.4 Å². The molecule has 0 aliphatic heterocycles. The number of hydrogen-bond donors (Lipinski definition) is 1. The Labute approximate surface area is 186 Å². The van der Waals surface area contributed by atoms with Crippen molar-refractivity contribution in [2.75, 3.05) is 5.32 Å². The average molecular weight is 457 g/mol. The molecule has 0 spiro atoms. The fraction of sp³-hybridized carbons (Fsp3) is 0.143. The molecular formula is C21H17ClN4O2S2. The van der Waals surface area contributed by atoms with Crippen molar-refractivity contribution >= 4 is 45.7 Å². The van der Waals surface area contributed by atoms with Gasteiger partial charge in [0.15, 0.2) is 5.13 Å². The summed E-state index contributed by atoms with van der Waals surface area (Å²) in [7, 11) is 0. The predicted octanol–water partition coefficient (Wildman–Crippen LogP) is 6.01. The zero-order valence-corrected chi connectivity index (χ0v) is 18.6. The summed E-state index contributed by atoms with van der Waals surface area (Å²) in [5.41, 5.74) is 3.90. The molecule has 4 rings (SSSR count). The molecule has 0 unspecified atom stereocenters. The predicted molar refractivity (Wildman–Crippen MR) is 120 cm³/mol. The maximum Gasteiger partial charge on any atom is 0.260 e. The zero-order chi connectivity index (χ0) is 21.1. The number of aryl methyl sites for hydroxylation is 2. The van der Waals surface area contributed by atoms with Crippen molar-refractivity contribution in [2.24, 2.45) is 0 Å². The minimum atomic E-state index is -0.260. The standard InChI is InChI=1S/C21H17ClN4O2S2/c1-12-16(13(2)28-26-12)10-29-20-15(7-5-9-23-20)19(27)25-21-24-18(11-30-21)14-6-3-4-8-17(14)22/h3-9,11H,10H2,1-2H3,(H,24,25,27). The molecule has 1 aromatic carbocycles. The van der Waals surface area contributed by atoms with Gasteiger partial charge in [-0.25, -0.2) is 9.97 Å². The van der Waals surface area contributed by atoms with Crippen molar-refractivity contribution in [3.05, 3.63) is 75.6 Å². The number of nitrogens with zero attached hydrogens (tertiary/aromatic N) is 3. The summed E-state index contributed by atoms with van der Waals surface area (Å²) in [5.74, 6) is 1.13. The Balaban J connectivity index is 1.50. The molecule has 1 amide bonds. The highest BCUT2D eigenvalue weighted by atomic mass is 35.5. The Bertz CT molecular complexity index is 1190. The van der Waals surface area contributed by atoms with E-state index >= 15 is 0 Å². The van der Waals surface area contributed by atoms with Gasteiger partial charge in [-0.05, 0) is 32.0 Å². The fourth-order valence-electron chi connectivity index (χ4n) is 2.82. The van der Waals surface area contributed by atoms with Gasteiger partial charge < -0.3 is 4.52 Å². The molecule has 0 saturated heterocycles. The van der Waals surface area contributed by atoms with Crippen LogP contribution in [0.1, 0.15) is 27.4 Å². The van der Waals surface area contributed by atoms with Gasteiger partial charge in [0.25, 0.3) is 5.91 Å². The van der Waals surface area contributed by atoms with Crippen LogP contribution in [0, 0.1) is 13.8 Å². The molecular weight excluding hydrogens is 440 g/mol. The Hall–Kier alpha value is -2.68. The number of thioether (sulfide) groups is 1. The quantitative estimate of drug-likeness (QED) is 0.358. The Kier molecular flexibility index (Phi) is 6.17. The van der Waals surface area contributed by atoms with Gasteiger partial charge in [-0.1, -0.05) is 35.0 Å². The van der Waals surface area contributed by atoms with Crippen LogP contribution in [0.4, 0.5) is 5.13 Å². The number of aromatic nitrogens is 3. The van der Waals surface area contributed by atoms with Crippen molar-refractivity contribution in [3.8, 4) is 11.3 Å². The van der Waals surface area contributed by atoms with E-state index in [9.17, 15) is 4.79 Å². The molecule has 1 N–H and O–H groups in total. The lowest BCUT2D eigenvalue weighted by atomic mass is 10.2. The molecule has 30 heavy (non-hydrogen) atoms. The van der Waals surface area contributed by atoms with Crippen LogP contribution in [0.25, 0.3) is 11.3 Å². The van der Waals surface area contributed by atoms with Crippen LogP contribution in [0.3, 0.4) is 0 Å². The summed E-state index contributed by atoms with van der Waals surface area (Å²) in [5, 5.41) is 10.5. The fourth-order valence-corrected chi connectivity index (χ4v) is 4.90. The normalized spacial score (nSPS) is 10.9. The molecule has 0 aliphatic rings. The van der Waals surface area contributed by atoms with Gasteiger partial charge in [0.2, 0.25) is 0 Å². The molecule has 0 saturated carbocycles. The Morgan fingerprint density at radius 2 is 2.07 bits per heavy atom. The average Bonchev–Trinajstić information content (AvgIpc) is 3.33. The van der Waals surface area contributed by atoms with Gasteiger partial charge in [-0.15, -0.1) is 23.1 Å². The van der Waals surface area contributed by atoms with Crippen LogP contribution in [-0.2, 0) is 5.75 Å². The lowest BCUT2D eigenvalue weighted by Gasteiger charge is -2.07. The van der Waals surface area contributed by atoms with Gasteiger partial charge >= 0.3 is 0 Å². The maximum absolute atomic E-state index is 12.9. The van der Waals surface area contributed by atoms with Gasteiger partial charge in [-0.2, -0.15) is 0 Å². The van der Waals surface area contributed by atoms with Gasteiger partial charge in [0, 0.05) is 33.5 Å². The number of carbonyl (C=O) groups excluding carboxylic acids is 1. The third-order valence-electron chi connectivity index (χ3n) is 4.42. The molecule has 0 fully saturated rings. The SMILES string of the molecule is Cc1noc(C)c1CSc1ncccc1C(=O)Nc1nc(-c2ccccc2Cl)cs1. The first-order chi connectivity index (χ1) is 14.5. The molecule has 3 aromatic heterocycles. The monoisotopic (exact) mass is 456 g/mol. The third kappa shape index (κ3) is 4.40. The topological polar surface area (TPSA) is 80.9 Å². The number of thiazole rings is 1. The molecule has 0 atom stereocenters. The van der Waals surface area contributed by atoms with E-state index in [1.54, 1.807) is 18.3 Å². The molecule has 152 valence electrons. The van der Waals surface area contributed by atoms with Crippen LogP contribution in [0.5, 0.6) is 0 Å². The molecule has 0 aliphatic carbocycles. The second kappa shape index (κ2) is 8.99. The lowest BCUT2D eigenvalue weighted by molar-refractivity contribution is 0.102. The van der Waals surface area contributed by atoms with E-state index in [-0.39, 0.29) is 5.91 Å². The molecule has 4 aromatic rings. The first-order valence-electron chi connectivity index (χ1n) is 9.04. The van der Waals surface area contributed by atoms with Gasteiger partial charge in [-0.3, -0.25) is 10.1 Å².